The van der Waals surface area contributed by atoms with Crippen LogP contribution in [-0.2, 0) is 17.5 Å². The second kappa shape index (κ2) is 8.29. The van der Waals surface area contributed by atoms with Gasteiger partial charge in [-0.05, 0) is 31.2 Å². The minimum absolute atomic E-state index is 0.0642. The first-order chi connectivity index (χ1) is 15.2. The highest BCUT2D eigenvalue weighted by molar-refractivity contribution is 5.90. The van der Waals surface area contributed by atoms with Gasteiger partial charge in [-0.15, -0.1) is 0 Å². The maximum absolute atomic E-state index is 13.4. The number of halogens is 3. The Morgan fingerprint density at radius 3 is 2.59 bits per heavy atom. The summed E-state index contributed by atoms with van der Waals surface area (Å²) in [5.74, 6) is -0.371. The number of rotatable bonds is 5. The molecule has 0 spiro atoms. The van der Waals surface area contributed by atoms with Crippen molar-refractivity contribution in [3.63, 3.8) is 0 Å². The van der Waals surface area contributed by atoms with Crippen molar-refractivity contribution in [1.82, 2.24) is 19.3 Å². The van der Waals surface area contributed by atoms with E-state index in [1.807, 2.05) is 0 Å². The van der Waals surface area contributed by atoms with Crippen LogP contribution in [0.5, 0.6) is 0 Å². The zero-order valence-corrected chi connectivity index (χ0v) is 16.9. The van der Waals surface area contributed by atoms with Gasteiger partial charge in [0, 0.05) is 19.0 Å². The first kappa shape index (κ1) is 21.3. The van der Waals surface area contributed by atoms with Crippen LogP contribution in [0.3, 0.4) is 0 Å². The molecule has 0 saturated carbocycles. The number of alkyl halides is 3. The van der Waals surface area contributed by atoms with E-state index in [9.17, 15) is 22.8 Å². The van der Waals surface area contributed by atoms with E-state index in [1.54, 1.807) is 31.2 Å². The van der Waals surface area contributed by atoms with Crippen molar-refractivity contribution in [3.05, 3.63) is 82.5 Å². The lowest BCUT2D eigenvalue weighted by molar-refractivity contribution is -0.137. The van der Waals surface area contributed by atoms with E-state index in [-0.39, 0.29) is 30.0 Å². The number of fused-ring (bicyclic) bond motifs is 1. The third-order valence-corrected chi connectivity index (χ3v) is 4.85. The average molecular weight is 441 g/mol. The molecule has 32 heavy (non-hydrogen) atoms. The van der Waals surface area contributed by atoms with Crippen molar-refractivity contribution in [2.75, 3.05) is 5.32 Å². The molecule has 0 saturated heterocycles. The van der Waals surface area contributed by atoms with Crippen molar-refractivity contribution in [2.24, 2.45) is 0 Å². The van der Waals surface area contributed by atoms with Crippen LogP contribution in [0.4, 0.5) is 19.0 Å². The quantitative estimate of drug-likeness (QED) is 0.509. The highest BCUT2D eigenvalue weighted by Crippen LogP contribution is 2.34. The van der Waals surface area contributed by atoms with Crippen molar-refractivity contribution >= 4 is 22.6 Å². The Balaban J connectivity index is 1.55. The Morgan fingerprint density at radius 2 is 1.81 bits per heavy atom. The van der Waals surface area contributed by atoms with Gasteiger partial charge in [-0.25, -0.2) is 9.67 Å². The van der Waals surface area contributed by atoms with Crippen LogP contribution in [0, 0.1) is 6.92 Å². The predicted octanol–water partition coefficient (Wildman–Crippen LogP) is 3.94. The summed E-state index contributed by atoms with van der Waals surface area (Å²) >= 11 is 0. The lowest BCUT2D eigenvalue weighted by atomic mass is 10.1. The van der Waals surface area contributed by atoms with Crippen LogP contribution in [0.1, 0.15) is 17.7 Å². The number of anilines is 1. The number of benzene rings is 2. The number of amides is 1. The van der Waals surface area contributed by atoms with Crippen molar-refractivity contribution in [2.45, 2.75) is 26.1 Å². The van der Waals surface area contributed by atoms with Gasteiger partial charge in [0.25, 0.3) is 5.56 Å². The molecule has 4 aromatic rings. The van der Waals surface area contributed by atoms with Crippen LogP contribution in [0.2, 0.25) is 0 Å². The number of aromatic nitrogens is 4. The summed E-state index contributed by atoms with van der Waals surface area (Å²) < 4.78 is 42.7. The molecule has 10 heteroatoms. The Kier molecular flexibility index (Phi) is 5.52. The summed E-state index contributed by atoms with van der Waals surface area (Å²) in [6.07, 6.45) is -3.29. The molecule has 0 bridgehead atoms. The molecule has 1 amide bonds. The van der Waals surface area contributed by atoms with E-state index in [0.29, 0.717) is 16.6 Å². The minimum atomic E-state index is -4.58. The molecule has 2 heterocycles. The van der Waals surface area contributed by atoms with E-state index in [0.717, 1.165) is 10.7 Å². The van der Waals surface area contributed by atoms with Crippen LogP contribution in [0.25, 0.3) is 16.6 Å². The molecule has 0 atom stereocenters. The molecule has 0 aliphatic carbocycles. The summed E-state index contributed by atoms with van der Waals surface area (Å²) in [5.41, 5.74) is -0.345. The van der Waals surface area contributed by atoms with Gasteiger partial charge in [0.2, 0.25) is 5.91 Å². The van der Waals surface area contributed by atoms with Crippen LogP contribution >= 0.6 is 0 Å². The summed E-state index contributed by atoms with van der Waals surface area (Å²) in [5, 5.41) is 7.14. The fourth-order valence-corrected chi connectivity index (χ4v) is 3.36. The van der Waals surface area contributed by atoms with E-state index >= 15 is 0 Å². The standard InChI is InChI=1S/C22H18F3N5O2/c1-14-12-19(30(28-14)18-9-5-3-7-16(18)22(23,24)25)27-20(31)10-11-29-13-26-17-8-4-2-6-15(17)21(29)32/h2-9,12-13H,10-11H2,1H3,(H,27,31). The normalized spacial score (nSPS) is 11.6. The molecule has 2 aromatic heterocycles. The van der Waals surface area contributed by atoms with Gasteiger partial charge in [-0.1, -0.05) is 24.3 Å². The summed E-state index contributed by atoms with van der Waals surface area (Å²) in [6.45, 7) is 1.68. The largest absolute Gasteiger partial charge is 0.418 e. The molecule has 1 N–H and O–H groups in total. The third-order valence-electron chi connectivity index (χ3n) is 4.85. The van der Waals surface area contributed by atoms with Gasteiger partial charge in [-0.3, -0.25) is 14.2 Å². The van der Waals surface area contributed by atoms with E-state index < -0.39 is 17.6 Å². The number of aryl methyl sites for hydroxylation is 2. The zero-order chi connectivity index (χ0) is 22.9. The minimum Gasteiger partial charge on any atom is -0.311 e. The smallest absolute Gasteiger partial charge is 0.311 e. The Hall–Kier alpha value is -3.95. The molecule has 0 aliphatic rings. The second-order valence-electron chi connectivity index (χ2n) is 7.16. The number of para-hydroxylation sites is 2. The molecule has 2 aromatic carbocycles. The maximum Gasteiger partial charge on any atom is 0.418 e. The van der Waals surface area contributed by atoms with E-state index in [4.69, 9.17) is 0 Å². The first-order valence-corrected chi connectivity index (χ1v) is 9.71. The molecule has 7 nitrogen and oxygen atoms in total. The molecule has 0 fully saturated rings. The molecule has 164 valence electrons. The van der Waals surface area contributed by atoms with Crippen molar-refractivity contribution in [1.29, 1.82) is 0 Å². The number of hydrogen-bond acceptors (Lipinski definition) is 4. The Bertz CT molecular complexity index is 1360. The molecular formula is C22H18F3N5O2. The number of nitrogens with zero attached hydrogens (tertiary/aromatic N) is 4. The lowest BCUT2D eigenvalue weighted by Gasteiger charge is -2.15. The van der Waals surface area contributed by atoms with Crippen molar-refractivity contribution in [3.8, 4) is 5.69 Å². The number of carbonyl (C=O) groups excluding carboxylic acids is 1. The fraction of sp³-hybridized carbons (Fsp3) is 0.182. The maximum atomic E-state index is 13.4. The molecule has 0 unspecified atom stereocenters. The molecular weight excluding hydrogens is 423 g/mol. The summed E-state index contributed by atoms with van der Waals surface area (Å²) in [4.78, 5) is 29.3. The predicted molar refractivity (Wildman–Crippen MR) is 113 cm³/mol. The monoisotopic (exact) mass is 441 g/mol. The number of nitrogens with one attached hydrogen (secondary N) is 1. The lowest BCUT2D eigenvalue weighted by Crippen LogP contribution is -2.24. The van der Waals surface area contributed by atoms with Crippen LogP contribution in [0.15, 0.2) is 65.7 Å². The van der Waals surface area contributed by atoms with Gasteiger partial charge in [0.15, 0.2) is 0 Å². The average Bonchev–Trinajstić information content (AvgIpc) is 3.12. The second-order valence-corrected chi connectivity index (χ2v) is 7.16. The Labute approximate surface area is 180 Å². The van der Waals surface area contributed by atoms with Gasteiger partial charge in [-0.2, -0.15) is 18.3 Å². The highest BCUT2D eigenvalue weighted by atomic mass is 19.4. The van der Waals surface area contributed by atoms with E-state index in [1.165, 1.54) is 35.2 Å². The van der Waals surface area contributed by atoms with Gasteiger partial charge in [0.05, 0.1) is 34.2 Å². The van der Waals surface area contributed by atoms with Crippen LogP contribution in [-0.4, -0.2) is 25.2 Å². The molecule has 0 radical (unpaired) electrons. The van der Waals surface area contributed by atoms with E-state index in [2.05, 4.69) is 15.4 Å². The Morgan fingerprint density at radius 1 is 1.09 bits per heavy atom. The summed E-state index contributed by atoms with van der Waals surface area (Å²) in [6, 6.07) is 13.3. The number of carbonyl (C=O) groups is 1. The van der Waals surface area contributed by atoms with Crippen molar-refractivity contribution < 1.29 is 18.0 Å². The number of hydrogen-bond donors (Lipinski definition) is 1. The topological polar surface area (TPSA) is 81.8 Å². The zero-order valence-electron chi connectivity index (χ0n) is 16.9. The first-order valence-electron chi connectivity index (χ1n) is 9.71. The van der Waals surface area contributed by atoms with Gasteiger partial charge in [0.1, 0.15) is 5.82 Å². The summed E-state index contributed by atoms with van der Waals surface area (Å²) in [7, 11) is 0. The SMILES string of the molecule is Cc1cc(NC(=O)CCn2cnc3ccccc3c2=O)n(-c2ccccc2C(F)(F)F)n1. The highest BCUT2D eigenvalue weighted by Gasteiger charge is 2.34. The van der Waals surface area contributed by atoms with Gasteiger partial charge < -0.3 is 5.32 Å². The third kappa shape index (κ3) is 4.25. The molecule has 0 aliphatic heterocycles. The fourth-order valence-electron chi connectivity index (χ4n) is 3.36. The van der Waals surface area contributed by atoms with Gasteiger partial charge >= 0.3 is 6.18 Å². The molecule has 4 rings (SSSR count). The van der Waals surface area contributed by atoms with Crippen LogP contribution < -0.4 is 10.9 Å².